The predicted molar refractivity (Wildman–Crippen MR) is 138 cm³/mol. The highest BCUT2D eigenvalue weighted by molar-refractivity contribution is 5.97. The third-order valence-electron chi connectivity index (χ3n) is 6.71. The van der Waals surface area contributed by atoms with Crippen LogP contribution in [0.15, 0.2) is 60.7 Å². The number of ether oxygens (including phenoxy) is 2. The number of hydrogen-bond acceptors (Lipinski definition) is 6. The molecule has 8 nitrogen and oxygen atoms in total. The molecule has 8 heteroatoms. The summed E-state index contributed by atoms with van der Waals surface area (Å²) in [7, 11) is 0. The topological polar surface area (TPSA) is 111 Å². The molecule has 1 saturated heterocycles. The van der Waals surface area contributed by atoms with E-state index in [2.05, 4.69) is 10.6 Å². The first-order chi connectivity index (χ1) is 17.7. The maximum absolute atomic E-state index is 13.4. The van der Waals surface area contributed by atoms with Crippen molar-refractivity contribution in [2.75, 3.05) is 0 Å². The molecule has 0 unspecified atom stereocenters. The minimum Gasteiger partial charge on any atom is -0.459 e. The molecule has 0 bridgehead atoms. The Morgan fingerprint density at radius 2 is 1.51 bits per heavy atom. The molecule has 1 fully saturated rings. The first-order valence-corrected chi connectivity index (χ1v) is 12.8. The van der Waals surface area contributed by atoms with Crippen molar-refractivity contribution in [3.63, 3.8) is 0 Å². The van der Waals surface area contributed by atoms with Gasteiger partial charge >= 0.3 is 11.9 Å². The molecule has 1 aliphatic rings. The summed E-state index contributed by atoms with van der Waals surface area (Å²) in [5.41, 5.74) is 1.67. The van der Waals surface area contributed by atoms with Crippen LogP contribution in [0.4, 0.5) is 0 Å². The van der Waals surface area contributed by atoms with Crippen molar-refractivity contribution in [1.29, 1.82) is 0 Å². The summed E-state index contributed by atoms with van der Waals surface area (Å²) >= 11 is 0. The molecule has 2 aromatic rings. The average molecular weight is 509 g/mol. The van der Waals surface area contributed by atoms with Gasteiger partial charge in [0.1, 0.15) is 24.6 Å². The second-order valence-electron chi connectivity index (χ2n) is 9.84. The van der Waals surface area contributed by atoms with Gasteiger partial charge in [0.25, 0.3) is 5.91 Å². The third-order valence-corrected chi connectivity index (χ3v) is 6.71. The number of carbonyl (C=O) groups is 4. The monoisotopic (exact) mass is 508 g/mol. The first-order valence-electron chi connectivity index (χ1n) is 12.8. The molecule has 0 aromatic heterocycles. The Bertz CT molecular complexity index is 1070. The van der Waals surface area contributed by atoms with Crippen LogP contribution in [0.2, 0.25) is 0 Å². The van der Waals surface area contributed by atoms with Crippen LogP contribution in [0.1, 0.15) is 45.2 Å². The van der Waals surface area contributed by atoms with Gasteiger partial charge < -0.3 is 20.1 Å². The molecule has 1 aliphatic heterocycles. The van der Waals surface area contributed by atoms with Gasteiger partial charge in [0.15, 0.2) is 6.10 Å². The molecule has 1 heterocycles. The van der Waals surface area contributed by atoms with E-state index in [1.54, 1.807) is 0 Å². The van der Waals surface area contributed by atoms with E-state index in [-0.39, 0.29) is 24.9 Å². The fourth-order valence-corrected chi connectivity index (χ4v) is 4.21. The molecule has 0 radical (unpaired) electrons. The van der Waals surface area contributed by atoms with Crippen molar-refractivity contribution in [3.8, 4) is 0 Å². The highest BCUT2D eigenvalue weighted by Crippen LogP contribution is 2.31. The highest BCUT2D eigenvalue weighted by atomic mass is 16.6. The molecule has 2 amide bonds. The third kappa shape index (κ3) is 7.41. The van der Waals surface area contributed by atoms with E-state index in [4.69, 9.17) is 9.47 Å². The van der Waals surface area contributed by atoms with Gasteiger partial charge in [-0.05, 0) is 23.0 Å². The Labute approximate surface area is 218 Å². The molecular weight excluding hydrogens is 472 g/mol. The van der Waals surface area contributed by atoms with E-state index in [1.807, 2.05) is 88.4 Å². The summed E-state index contributed by atoms with van der Waals surface area (Å²) in [5.74, 6) is -2.80. The number of rotatable bonds is 12. The zero-order chi connectivity index (χ0) is 26.9. The minimum absolute atomic E-state index is 0.0249. The highest BCUT2D eigenvalue weighted by Gasteiger charge is 2.50. The van der Waals surface area contributed by atoms with Crippen molar-refractivity contribution in [2.45, 2.75) is 65.3 Å². The van der Waals surface area contributed by atoms with Crippen LogP contribution in [-0.2, 0) is 41.7 Å². The molecule has 3 rings (SSSR count). The fraction of sp³-hybridized carbons (Fsp3) is 0.448. The number of esters is 2. The molecule has 37 heavy (non-hydrogen) atoms. The second-order valence-corrected chi connectivity index (χ2v) is 9.84. The Kier molecular flexibility index (Phi) is 9.83. The Hall–Kier alpha value is -3.68. The standard InChI is InChI=1S/C29H36N2O6/c1-5-19(4)23-25(37-28(23)34)27(33)30-22(16-20-12-8-6-9-13-20)26(32)31-24(18(2)3)29(35)36-17-21-14-10-7-11-15-21/h6-15,18-19,22-25H,5,16-17H2,1-4H3,(H,30,33)(H,31,32)/t19-,22-,23-,24-,25+/m0/s1. The number of hydrogen-bond donors (Lipinski definition) is 2. The lowest BCUT2D eigenvalue weighted by atomic mass is 9.82. The van der Waals surface area contributed by atoms with E-state index in [0.29, 0.717) is 0 Å². The van der Waals surface area contributed by atoms with Gasteiger partial charge in [-0.3, -0.25) is 14.4 Å². The van der Waals surface area contributed by atoms with Crippen molar-refractivity contribution in [2.24, 2.45) is 17.8 Å². The van der Waals surface area contributed by atoms with Crippen LogP contribution in [0.3, 0.4) is 0 Å². The lowest BCUT2D eigenvalue weighted by Gasteiger charge is -2.38. The number of benzene rings is 2. The fourth-order valence-electron chi connectivity index (χ4n) is 4.21. The summed E-state index contributed by atoms with van der Waals surface area (Å²) in [6.07, 6.45) is -0.0134. The Balaban J connectivity index is 1.71. The number of cyclic esters (lactones) is 1. The number of carbonyl (C=O) groups excluding carboxylic acids is 4. The van der Waals surface area contributed by atoms with Gasteiger partial charge in [0, 0.05) is 6.42 Å². The van der Waals surface area contributed by atoms with E-state index < -0.39 is 47.9 Å². The summed E-state index contributed by atoms with van der Waals surface area (Å²) in [5, 5.41) is 5.53. The smallest absolute Gasteiger partial charge is 0.329 e. The summed E-state index contributed by atoms with van der Waals surface area (Å²) in [6.45, 7) is 7.55. The lowest BCUT2D eigenvalue weighted by molar-refractivity contribution is -0.193. The summed E-state index contributed by atoms with van der Waals surface area (Å²) in [4.78, 5) is 51.3. The van der Waals surface area contributed by atoms with Crippen LogP contribution < -0.4 is 10.6 Å². The molecule has 0 saturated carbocycles. The van der Waals surface area contributed by atoms with Crippen LogP contribution in [0.25, 0.3) is 0 Å². The predicted octanol–water partition coefficient (Wildman–Crippen LogP) is 3.19. The van der Waals surface area contributed by atoms with Crippen LogP contribution in [0.5, 0.6) is 0 Å². The first kappa shape index (κ1) is 27.9. The molecule has 0 aliphatic carbocycles. The van der Waals surface area contributed by atoms with Crippen molar-refractivity contribution >= 4 is 23.8 Å². The maximum atomic E-state index is 13.4. The second kappa shape index (κ2) is 13.0. The van der Waals surface area contributed by atoms with E-state index in [9.17, 15) is 19.2 Å². The van der Waals surface area contributed by atoms with Gasteiger partial charge in [0.2, 0.25) is 5.91 Å². The van der Waals surface area contributed by atoms with Crippen LogP contribution in [-0.4, -0.2) is 41.9 Å². The summed E-state index contributed by atoms with van der Waals surface area (Å²) < 4.78 is 10.6. The van der Waals surface area contributed by atoms with Crippen LogP contribution in [0, 0.1) is 17.8 Å². The van der Waals surface area contributed by atoms with Gasteiger partial charge in [-0.25, -0.2) is 4.79 Å². The van der Waals surface area contributed by atoms with Crippen molar-refractivity contribution < 1.29 is 28.7 Å². The minimum atomic E-state index is -0.977. The molecule has 2 aromatic carbocycles. The molecule has 0 spiro atoms. The van der Waals surface area contributed by atoms with Crippen molar-refractivity contribution in [3.05, 3.63) is 71.8 Å². The quantitative estimate of drug-likeness (QED) is 0.426. The van der Waals surface area contributed by atoms with E-state index in [1.165, 1.54) is 0 Å². The maximum Gasteiger partial charge on any atom is 0.329 e. The normalized spacial score (nSPS) is 19.1. The van der Waals surface area contributed by atoms with Gasteiger partial charge in [-0.2, -0.15) is 0 Å². The van der Waals surface area contributed by atoms with Gasteiger partial charge in [0.05, 0.1) is 0 Å². The number of nitrogens with one attached hydrogen (secondary N) is 2. The van der Waals surface area contributed by atoms with E-state index in [0.717, 1.165) is 17.5 Å². The SMILES string of the molecule is CC[C@H](C)[C@@H]1C(=O)O[C@H]1C(=O)N[C@@H](Cc1ccccc1)C(=O)N[C@H](C(=O)OCc1ccccc1)C(C)C. The summed E-state index contributed by atoms with van der Waals surface area (Å²) in [6, 6.07) is 16.7. The van der Waals surface area contributed by atoms with Crippen LogP contribution >= 0.6 is 0 Å². The average Bonchev–Trinajstić information content (AvgIpc) is 2.89. The Morgan fingerprint density at radius 1 is 0.919 bits per heavy atom. The molecule has 198 valence electrons. The van der Waals surface area contributed by atoms with Gasteiger partial charge in [-0.15, -0.1) is 0 Å². The lowest BCUT2D eigenvalue weighted by Crippen LogP contribution is -2.60. The molecule has 5 atom stereocenters. The molecule has 2 N–H and O–H groups in total. The number of amides is 2. The largest absolute Gasteiger partial charge is 0.459 e. The zero-order valence-corrected chi connectivity index (χ0v) is 21.8. The Morgan fingerprint density at radius 3 is 2.05 bits per heavy atom. The molecular formula is C29H36N2O6. The van der Waals surface area contributed by atoms with Crippen molar-refractivity contribution in [1.82, 2.24) is 10.6 Å². The zero-order valence-electron chi connectivity index (χ0n) is 21.8. The van der Waals surface area contributed by atoms with Gasteiger partial charge in [-0.1, -0.05) is 94.8 Å². The van der Waals surface area contributed by atoms with E-state index >= 15 is 0 Å².